The van der Waals surface area contributed by atoms with Gasteiger partial charge in [0.25, 0.3) is 5.91 Å². The van der Waals surface area contributed by atoms with Crippen molar-refractivity contribution in [2.45, 2.75) is 24.6 Å². The Morgan fingerprint density at radius 3 is 2.50 bits per heavy atom. The zero-order valence-corrected chi connectivity index (χ0v) is 21.0. The van der Waals surface area contributed by atoms with Crippen molar-refractivity contribution >= 4 is 29.5 Å². The van der Waals surface area contributed by atoms with E-state index in [0.717, 1.165) is 33.7 Å². The molecule has 36 heavy (non-hydrogen) atoms. The second-order valence-electron chi connectivity index (χ2n) is 8.81. The molecule has 0 radical (unpaired) electrons. The van der Waals surface area contributed by atoms with Gasteiger partial charge in [0, 0.05) is 17.5 Å². The number of thioether (sulfide) groups is 1. The summed E-state index contributed by atoms with van der Waals surface area (Å²) in [6.07, 6.45) is 2.55. The number of nitrogens with zero attached hydrogens (tertiary/aromatic N) is 2. The molecule has 182 valence electrons. The Morgan fingerprint density at radius 2 is 1.78 bits per heavy atom. The lowest BCUT2D eigenvalue weighted by Crippen LogP contribution is -2.58. The van der Waals surface area contributed by atoms with Crippen molar-refractivity contribution in [1.82, 2.24) is 10.3 Å². The third-order valence-electron chi connectivity index (χ3n) is 6.66. The van der Waals surface area contributed by atoms with Gasteiger partial charge in [-0.05, 0) is 54.1 Å². The summed E-state index contributed by atoms with van der Waals surface area (Å²) in [5.41, 5.74) is 4.77. The van der Waals surface area contributed by atoms with Gasteiger partial charge in [0.2, 0.25) is 0 Å². The molecule has 8 heteroatoms. The van der Waals surface area contributed by atoms with Gasteiger partial charge < -0.3 is 14.2 Å². The standard InChI is InChI=1S/C28H25N3O4S/c1-17-24(33-2)13-18(14-25(17)34-3)15-26-27(32)29-28(36-26)31-22(20-11-7-8-12-23(20)35-28)16-21(30-31)19-9-5-4-6-10-19/h4-15,22H,16H2,1-3H3,(H,29,32)/b26-15-. The van der Waals surface area contributed by atoms with Crippen LogP contribution in [0.1, 0.15) is 34.7 Å². The molecule has 3 aliphatic heterocycles. The third kappa shape index (κ3) is 3.60. The maximum absolute atomic E-state index is 13.3. The number of hydrogen-bond acceptors (Lipinski definition) is 7. The topological polar surface area (TPSA) is 72.4 Å². The quantitative estimate of drug-likeness (QED) is 0.506. The summed E-state index contributed by atoms with van der Waals surface area (Å²) in [6, 6.07) is 21.8. The molecule has 3 aliphatic rings. The van der Waals surface area contributed by atoms with Crippen LogP contribution in [-0.2, 0) is 4.79 Å². The smallest absolute Gasteiger partial charge is 0.336 e. The zero-order valence-electron chi connectivity index (χ0n) is 20.1. The SMILES string of the molecule is COc1cc(/C=C2\SC3(NC2=O)Oc2ccccc2C2CC(c4ccccc4)=NN23)cc(OC)c1C. The highest BCUT2D eigenvalue weighted by atomic mass is 32.2. The van der Waals surface area contributed by atoms with Gasteiger partial charge in [-0.15, -0.1) is 0 Å². The van der Waals surface area contributed by atoms with Crippen LogP contribution in [0.25, 0.3) is 6.08 Å². The first-order valence-electron chi connectivity index (χ1n) is 11.7. The van der Waals surface area contributed by atoms with Gasteiger partial charge in [-0.1, -0.05) is 48.5 Å². The van der Waals surface area contributed by atoms with Crippen LogP contribution in [0, 0.1) is 6.92 Å². The number of para-hydroxylation sites is 1. The Balaban J connectivity index is 1.41. The Kier molecular flexibility index (Phi) is 5.41. The van der Waals surface area contributed by atoms with Crippen LogP contribution in [0.15, 0.2) is 76.7 Å². The van der Waals surface area contributed by atoms with Gasteiger partial charge in [0.15, 0.2) is 0 Å². The number of nitrogens with one attached hydrogen (secondary N) is 1. The minimum atomic E-state index is -1.18. The molecule has 1 N–H and O–H groups in total. The van der Waals surface area contributed by atoms with Gasteiger partial charge in [0.05, 0.1) is 30.9 Å². The molecule has 1 amide bonds. The van der Waals surface area contributed by atoms with Crippen LogP contribution >= 0.6 is 11.8 Å². The van der Waals surface area contributed by atoms with E-state index < -0.39 is 5.18 Å². The van der Waals surface area contributed by atoms with E-state index in [2.05, 4.69) is 23.5 Å². The van der Waals surface area contributed by atoms with Crippen molar-refractivity contribution in [2.24, 2.45) is 5.10 Å². The van der Waals surface area contributed by atoms with E-state index in [-0.39, 0.29) is 11.9 Å². The fraction of sp³-hybridized carbons (Fsp3) is 0.214. The van der Waals surface area contributed by atoms with E-state index in [1.165, 1.54) is 11.8 Å². The predicted molar refractivity (Wildman–Crippen MR) is 140 cm³/mol. The van der Waals surface area contributed by atoms with Crippen molar-refractivity contribution < 1.29 is 19.0 Å². The van der Waals surface area contributed by atoms with Crippen molar-refractivity contribution in [3.05, 3.63) is 93.9 Å². The first kappa shape index (κ1) is 22.5. The number of carbonyl (C=O) groups is 1. The molecular formula is C28H25N3O4S. The van der Waals surface area contributed by atoms with E-state index in [1.54, 1.807) is 14.2 Å². The molecule has 2 atom stereocenters. The number of hydrazone groups is 1. The number of hydrogen-bond donors (Lipinski definition) is 1. The normalized spacial score (nSPS) is 23.1. The highest BCUT2D eigenvalue weighted by Gasteiger charge is 2.57. The van der Waals surface area contributed by atoms with Crippen LogP contribution in [-0.4, -0.2) is 36.0 Å². The average molecular weight is 500 g/mol. The Hall–Kier alpha value is -3.91. The monoisotopic (exact) mass is 499 g/mol. The first-order valence-corrected chi connectivity index (χ1v) is 12.5. The second kappa shape index (κ2) is 8.64. The summed E-state index contributed by atoms with van der Waals surface area (Å²) in [5.74, 6) is 1.91. The second-order valence-corrected chi connectivity index (χ2v) is 10.0. The lowest BCUT2D eigenvalue weighted by Gasteiger charge is -2.43. The largest absolute Gasteiger partial charge is 0.496 e. The molecule has 7 nitrogen and oxygen atoms in total. The van der Waals surface area contributed by atoms with Crippen molar-refractivity contribution in [2.75, 3.05) is 14.2 Å². The number of ether oxygens (including phenoxy) is 3. The maximum atomic E-state index is 13.3. The molecule has 0 aromatic heterocycles. The van der Waals surface area contributed by atoms with Crippen LogP contribution < -0.4 is 19.5 Å². The van der Waals surface area contributed by atoms with E-state index in [9.17, 15) is 4.79 Å². The molecular weight excluding hydrogens is 474 g/mol. The minimum absolute atomic E-state index is 0.0585. The maximum Gasteiger partial charge on any atom is 0.336 e. The molecule has 0 aliphatic carbocycles. The number of carbonyl (C=O) groups excluding carboxylic acids is 1. The molecule has 3 heterocycles. The van der Waals surface area contributed by atoms with Crippen molar-refractivity contribution in [1.29, 1.82) is 0 Å². The predicted octanol–water partition coefficient (Wildman–Crippen LogP) is 5.07. The lowest BCUT2D eigenvalue weighted by molar-refractivity contribution is -0.127. The van der Waals surface area contributed by atoms with Crippen LogP contribution in [0.3, 0.4) is 0 Å². The van der Waals surface area contributed by atoms with Crippen molar-refractivity contribution in [3.63, 3.8) is 0 Å². The highest BCUT2D eigenvalue weighted by molar-refractivity contribution is 8.05. The summed E-state index contributed by atoms with van der Waals surface area (Å²) in [5, 5.41) is 8.78. The molecule has 1 fully saturated rings. The van der Waals surface area contributed by atoms with E-state index in [4.69, 9.17) is 19.3 Å². The number of benzene rings is 3. The highest BCUT2D eigenvalue weighted by Crippen LogP contribution is 2.53. The fourth-order valence-corrected chi connectivity index (χ4v) is 6.06. The van der Waals surface area contributed by atoms with E-state index in [0.29, 0.717) is 22.8 Å². The van der Waals surface area contributed by atoms with Gasteiger partial charge in [-0.3, -0.25) is 10.1 Å². The van der Waals surface area contributed by atoms with Gasteiger partial charge in [0.1, 0.15) is 17.2 Å². The van der Waals surface area contributed by atoms with E-state index in [1.807, 2.05) is 66.5 Å². The third-order valence-corrected chi connectivity index (χ3v) is 7.83. The van der Waals surface area contributed by atoms with E-state index >= 15 is 0 Å². The average Bonchev–Trinajstić information content (AvgIpc) is 3.48. The molecule has 0 saturated carbocycles. The Bertz CT molecular complexity index is 1400. The molecule has 3 aromatic rings. The summed E-state index contributed by atoms with van der Waals surface area (Å²) >= 11 is 1.32. The zero-order chi connectivity index (χ0) is 24.9. The lowest BCUT2D eigenvalue weighted by atomic mass is 9.97. The van der Waals surface area contributed by atoms with Crippen LogP contribution in [0.4, 0.5) is 0 Å². The number of amides is 1. The summed E-state index contributed by atoms with van der Waals surface area (Å²) in [6.45, 7) is 1.93. The number of fused-ring (bicyclic) bond motifs is 4. The molecule has 3 aromatic carbocycles. The van der Waals surface area contributed by atoms with Gasteiger partial charge in [-0.25, -0.2) is 5.01 Å². The minimum Gasteiger partial charge on any atom is -0.496 e. The molecule has 6 rings (SSSR count). The van der Waals surface area contributed by atoms with Gasteiger partial charge in [-0.2, -0.15) is 5.10 Å². The molecule has 0 bridgehead atoms. The molecule has 1 spiro atoms. The van der Waals surface area contributed by atoms with Crippen molar-refractivity contribution in [3.8, 4) is 17.2 Å². The Morgan fingerprint density at radius 1 is 1.08 bits per heavy atom. The van der Waals surface area contributed by atoms with Crippen LogP contribution in [0.2, 0.25) is 0 Å². The molecule has 2 unspecified atom stereocenters. The Labute approximate surface area is 213 Å². The first-order chi connectivity index (χ1) is 17.5. The summed E-state index contributed by atoms with van der Waals surface area (Å²) < 4.78 is 17.5. The summed E-state index contributed by atoms with van der Waals surface area (Å²) in [4.78, 5) is 13.8. The number of rotatable bonds is 4. The van der Waals surface area contributed by atoms with Gasteiger partial charge >= 0.3 is 5.18 Å². The molecule has 1 saturated heterocycles. The van der Waals surface area contributed by atoms with Crippen LogP contribution in [0.5, 0.6) is 17.2 Å². The summed E-state index contributed by atoms with van der Waals surface area (Å²) in [7, 11) is 3.24. The number of methoxy groups -OCH3 is 2. The fourth-order valence-electron chi connectivity index (χ4n) is 4.89.